The van der Waals surface area contributed by atoms with Crippen molar-refractivity contribution in [2.75, 3.05) is 31.6 Å². The van der Waals surface area contributed by atoms with Gasteiger partial charge in [-0.05, 0) is 58.4 Å². The molecule has 3 aromatic rings. The molecule has 0 aliphatic carbocycles. The van der Waals surface area contributed by atoms with Crippen LogP contribution in [0.15, 0.2) is 57.3 Å². The third-order valence-electron chi connectivity index (χ3n) is 4.20. The molecule has 0 saturated carbocycles. The number of halogens is 1. The Labute approximate surface area is 175 Å². The zero-order chi connectivity index (χ0) is 19.6. The summed E-state index contributed by atoms with van der Waals surface area (Å²) in [6.45, 7) is 1.60. The molecule has 7 nitrogen and oxygen atoms in total. The SMILES string of the molecule is O=S(=O)(c1ccc(Nc2nccc(-c3ccc(Br)s3)n2)cc1)N1CCOCC1. The fraction of sp³-hybridized carbons (Fsp3) is 0.222. The Morgan fingerprint density at radius 3 is 2.50 bits per heavy atom. The van der Waals surface area contributed by atoms with Crippen molar-refractivity contribution in [3.05, 3.63) is 52.4 Å². The van der Waals surface area contributed by atoms with Crippen LogP contribution < -0.4 is 5.32 Å². The van der Waals surface area contributed by atoms with Crippen molar-refractivity contribution >= 4 is 48.9 Å². The third-order valence-corrected chi connectivity index (χ3v) is 7.76. The lowest BCUT2D eigenvalue weighted by Crippen LogP contribution is -2.40. The summed E-state index contributed by atoms with van der Waals surface area (Å²) >= 11 is 5.05. The van der Waals surface area contributed by atoms with Gasteiger partial charge >= 0.3 is 0 Å². The van der Waals surface area contributed by atoms with Crippen LogP contribution in [0.25, 0.3) is 10.6 Å². The van der Waals surface area contributed by atoms with Gasteiger partial charge in [0.05, 0.1) is 32.5 Å². The van der Waals surface area contributed by atoms with Gasteiger partial charge in [0.25, 0.3) is 0 Å². The van der Waals surface area contributed by atoms with Crippen LogP contribution in [0.5, 0.6) is 0 Å². The van der Waals surface area contributed by atoms with Crippen LogP contribution >= 0.6 is 27.3 Å². The van der Waals surface area contributed by atoms with E-state index < -0.39 is 10.0 Å². The Bertz CT molecular complexity index is 1060. The van der Waals surface area contributed by atoms with E-state index in [1.807, 2.05) is 18.2 Å². The van der Waals surface area contributed by atoms with Crippen LogP contribution in [-0.4, -0.2) is 49.0 Å². The highest BCUT2D eigenvalue weighted by atomic mass is 79.9. The van der Waals surface area contributed by atoms with Crippen LogP contribution in [0.2, 0.25) is 0 Å². The van der Waals surface area contributed by atoms with Crippen LogP contribution in [-0.2, 0) is 14.8 Å². The number of thiophene rings is 1. The zero-order valence-corrected chi connectivity index (χ0v) is 17.9. The van der Waals surface area contributed by atoms with Gasteiger partial charge in [-0.1, -0.05) is 0 Å². The minimum absolute atomic E-state index is 0.262. The van der Waals surface area contributed by atoms with Gasteiger partial charge in [0, 0.05) is 25.0 Å². The average molecular weight is 481 g/mol. The maximum absolute atomic E-state index is 12.7. The molecule has 0 bridgehead atoms. The first-order valence-corrected chi connectivity index (χ1v) is 11.6. The van der Waals surface area contributed by atoms with E-state index in [9.17, 15) is 8.42 Å². The number of nitrogens with zero attached hydrogens (tertiary/aromatic N) is 3. The van der Waals surface area contributed by atoms with E-state index in [4.69, 9.17) is 4.74 Å². The van der Waals surface area contributed by atoms with Gasteiger partial charge in [0.2, 0.25) is 16.0 Å². The second-order valence-corrected chi connectivity index (χ2v) is 10.4. The first-order chi connectivity index (χ1) is 13.5. The molecule has 146 valence electrons. The predicted octanol–water partition coefficient (Wildman–Crippen LogP) is 3.73. The van der Waals surface area contributed by atoms with E-state index in [2.05, 4.69) is 31.2 Å². The molecule has 1 aromatic carbocycles. The molecule has 3 heterocycles. The first kappa shape index (κ1) is 19.5. The van der Waals surface area contributed by atoms with Crippen molar-refractivity contribution < 1.29 is 13.2 Å². The van der Waals surface area contributed by atoms with Crippen LogP contribution in [0, 0.1) is 0 Å². The molecule has 0 amide bonds. The lowest BCUT2D eigenvalue weighted by Gasteiger charge is -2.26. The average Bonchev–Trinajstić information content (AvgIpc) is 3.16. The summed E-state index contributed by atoms with van der Waals surface area (Å²) < 4.78 is 33.1. The van der Waals surface area contributed by atoms with Crippen molar-refractivity contribution in [2.24, 2.45) is 0 Å². The fourth-order valence-corrected chi connectivity index (χ4v) is 5.55. The molecule has 1 aliphatic heterocycles. The van der Waals surface area contributed by atoms with Crippen LogP contribution in [0.3, 0.4) is 0 Å². The largest absolute Gasteiger partial charge is 0.379 e. The molecule has 0 spiro atoms. The molecule has 4 rings (SSSR count). The number of hydrogen-bond donors (Lipinski definition) is 1. The van der Waals surface area contributed by atoms with Gasteiger partial charge in [0.15, 0.2) is 0 Å². The number of hydrogen-bond acceptors (Lipinski definition) is 7. The van der Waals surface area contributed by atoms with E-state index in [1.165, 1.54) is 4.31 Å². The maximum atomic E-state index is 12.7. The molecule has 0 unspecified atom stereocenters. The van der Waals surface area contributed by atoms with E-state index in [0.717, 1.165) is 14.4 Å². The Morgan fingerprint density at radius 1 is 1.07 bits per heavy atom. The minimum atomic E-state index is -3.50. The van der Waals surface area contributed by atoms with Gasteiger partial charge in [-0.2, -0.15) is 4.31 Å². The number of rotatable bonds is 5. The van der Waals surface area contributed by atoms with Crippen molar-refractivity contribution in [3.8, 4) is 10.6 Å². The predicted molar refractivity (Wildman–Crippen MR) is 112 cm³/mol. The van der Waals surface area contributed by atoms with E-state index in [1.54, 1.807) is 41.8 Å². The Kier molecular flexibility index (Phi) is 5.74. The summed E-state index contributed by atoms with van der Waals surface area (Å²) in [5.41, 5.74) is 1.53. The minimum Gasteiger partial charge on any atom is -0.379 e. The van der Waals surface area contributed by atoms with Gasteiger partial charge in [-0.15, -0.1) is 11.3 Å². The summed E-state index contributed by atoms with van der Waals surface area (Å²) in [6.07, 6.45) is 1.69. The van der Waals surface area contributed by atoms with Crippen LogP contribution in [0.1, 0.15) is 0 Å². The van der Waals surface area contributed by atoms with Crippen LogP contribution in [0.4, 0.5) is 11.6 Å². The van der Waals surface area contributed by atoms with Crippen molar-refractivity contribution in [1.82, 2.24) is 14.3 Å². The van der Waals surface area contributed by atoms with E-state index in [-0.39, 0.29) is 4.90 Å². The molecular formula is C18H17BrN4O3S2. The number of anilines is 2. The smallest absolute Gasteiger partial charge is 0.243 e. The molecule has 1 N–H and O–H groups in total. The first-order valence-electron chi connectivity index (χ1n) is 8.56. The summed E-state index contributed by atoms with van der Waals surface area (Å²) in [4.78, 5) is 10.1. The zero-order valence-electron chi connectivity index (χ0n) is 14.7. The summed E-state index contributed by atoms with van der Waals surface area (Å²) in [5, 5.41) is 3.12. The molecule has 0 radical (unpaired) electrons. The van der Waals surface area contributed by atoms with Crippen molar-refractivity contribution in [1.29, 1.82) is 0 Å². The molecule has 28 heavy (non-hydrogen) atoms. The highest BCUT2D eigenvalue weighted by Gasteiger charge is 2.26. The monoisotopic (exact) mass is 480 g/mol. The van der Waals surface area contributed by atoms with E-state index in [0.29, 0.717) is 37.9 Å². The fourth-order valence-electron chi connectivity index (χ4n) is 2.78. The second kappa shape index (κ2) is 8.26. The Balaban J connectivity index is 1.50. The van der Waals surface area contributed by atoms with Crippen molar-refractivity contribution in [3.63, 3.8) is 0 Å². The van der Waals surface area contributed by atoms with E-state index >= 15 is 0 Å². The standard InChI is InChI=1S/C18H17BrN4O3S2/c19-17-6-5-16(27-17)15-7-8-20-18(22-15)21-13-1-3-14(4-2-13)28(24,25)23-9-11-26-12-10-23/h1-8H,9-12H2,(H,20,21,22). The number of benzene rings is 1. The lowest BCUT2D eigenvalue weighted by atomic mass is 10.3. The molecule has 2 aromatic heterocycles. The molecule has 0 atom stereocenters. The van der Waals surface area contributed by atoms with Crippen molar-refractivity contribution in [2.45, 2.75) is 4.90 Å². The summed E-state index contributed by atoms with van der Waals surface area (Å²) in [5.74, 6) is 0.450. The van der Waals surface area contributed by atoms with Gasteiger partial charge < -0.3 is 10.1 Å². The topological polar surface area (TPSA) is 84.4 Å². The maximum Gasteiger partial charge on any atom is 0.243 e. The van der Waals surface area contributed by atoms with Gasteiger partial charge in [-0.3, -0.25) is 0 Å². The molecule has 1 saturated heterocycles. The number of sulfonamides is 1. The Morgan fingerprint density at radius 2 is 1.82 bits per heavy atom. The second-order valence-electron chi connectivity index (χ2n) is 6.04. The number of ether oxygens (including phenoxy) is 1. The molecular weight excluding hydrogens is 464 g/mol. The lowest BCUT2D eigenvalue weighted by molar-refractivity contribution is 0.0730. The normalized spacial score (nSPS) is 15.5. The summed E-state index contributed by atoms with van der Waals surface area (Å²) in [7, 11) is -3.50. The highest BCUT2D eigenvalue weighted by molar-refractivity contribution is 9.11. The number of aromatic nitrogens is 2. The number of nitrogens with one attached hydrogen (secondary N) is 1. The quantitative estimate of drug-likeness (QED) is 0.598. The van der Waals surface area contributed by atoms with Gasteiger partial charge in [-0.25, -0.2) is 18.4 Å². The summed E-state index contributed by atoms with van der Waals surface area (Å²) in [6, 6.07) is 12.4. The van der Waals surface area contributed by atoms with Gasteiger partial charge in [0.1, 0.15) is 0 Å². The molecule has 1 fully saturated rings. The highest BCUT2D eigenvalue weighted by Crippen LogP contribution is 2.30. The Hall–Kier alpha value is -1.85. The molecule has 10 heteroatoms. The number of morpholine rings is 1. The molecule has 1 aliphatic rings. The third kappa shape index (κ3) is 4.26.